The molecule has 1 unspecified atom stereocenters. The quantitative estimate of drug-likeness (QED) is 0.562. The molecule has 1 saturated heterocycles. The summed E-state index contributed by atoms with van der Waals surface area (Å²) < 4.78 is 0. The molecular formula is C7H10N6O2. The van der Waals surface area contributed by atoms with Gasteiger partial charge in [-0.05, 0) is 0 Å². The number of imide groups is 1. The number of hydrogen-bond donors (Lipinski definition) is 2. The smallest absolute Gasteiger partial charge is 0.246 e. The average Bonchev–Trinajstić information content (AvgIpc) is 2.80. The lowest BCUT2D eigenvalue weighted by molar-refractivity contribution is -0.137. The van der Waals surface area contributed by atoms with Crippen LogP contribution in [0.4, 0.5) is 0 Å². The number of H-pyrrole nitrogens is 1. The van der Waals surface area contributed by atoms with Gasteiger partial charge in [-0.15, -0.1) is 10.2 Å². The van der Waals surface area contributed by atoms with E-state index in [-0.39, 0.29) is 18.2 Å². The van der Waals surface area contributed by atoms with Crippen molar-refractivity contribution < 1.29 is 9.59 Å². The van der Waals surface area contributed by atoms with Crippen molar-refractivity contribution in [3.8, 4) is 0 Å². The van der Waals surface area contributed by atoms with Crippen LogP contribution >= 0.6 is 0 Å². The number of amides is 2. The van der Waals surface area contributed by atoms with Gasteiger partial charge in [0.05, 0.1) is 19.0 Å². The molecule has 15 heavy (non-hydrogen) atoms. The van der Waals surface area contributed by atoms with E-state index in [9.17, 15) is 9.59 Å². The predicted molar refractivity (Wildman–Crippen MR) is 47.2 cm³/mol. The molecule has 1 aromatic rings. The molecular weight excluding hydrogens is 200 g/mol. The van der Waals surface area contributed by atoms with Gasteiger partial charge < -0.3 is 0 Å². The zero-order chi connectivity index (χ0) is 10.8. The van der Waals surface area contributed by atoms with E-state index in [0.29, 0.717) is 12.4 Å². The maximum atomic E-state index is 11.5. The summed E-state index contributed by atoms with van der Waals surface area (Å²) in [6.45, 7) is 0.314. The Labute approximate surface area is 85.0 Å². The normalized spacial score (nSPS) is 21.4. The summed E-state index contributed by atoms with van der Waals surface area (Å²) in [5.41, 5.74) is 0. The highest BCUT2D eigenvalue weighted by molar-refractivity contribution is 6.05. The van der Waals surface area contributed by atoms with Gasteiger partial charge in [-0.2, -0.15) is 5.21 Å². The first-order valence-electron chi connectivity index (χ1n) is 4.44. The molecule has 8 nitrogen and oxygen atoms in total. The number of carbonyl (C=O) groups excluding carboxylic acids is 2. The summed E-state index contributed by atoms with van der Waals surface area (Å²) >= 11 is 0. The number of likely N-dealkylation sites (tertiary alicyclic amines) is 1. The summed E-state index contributed by atoms with van der Waals surface area (Å²) in [6, 6.07) is -0.471. The first kappa shape index (κ1) is 9.71. The SMILES string of the molecule is CN1C(=O)CC(NCc2nn[nH]n2)C1=O. The molecule has 0 bridgehead atoms. The van der Waals surface area contributed by atoms with Gasteiger partial charge in [0.25, 0.3) is 0 Å². The fourth-order valence-corrected chi connectivity index (χ4v) is 1.39. The van der Waals surface area contributed by atoms with Crippen molar-refractivity contribution in [2.75, 3.05) is 7.05 Å². The molecule has 80 valence electrons. The second-order valence-electron chi connectivity index (χ2n) is 3.26. The number of likely N-dealkylation sites (N-methyl/N-ethyl adjacent to an activating group) is 1. The Hall–Kier alpha value is -1.83. The Morgan fingerprint density at radius 1 is 1.60 bits per heavy atom. The van der Waals surface area contributed by atoms with Crippen LogP contribution in [-0.2, 0) is 16.1 Å². The molecule has 2 rings (SSSR count). The Balaban J connectivity index is 1.91. The molecule has 1 aliphatic heterocycles. The Morgan fingerprint density at radius 2 is 2.40 bits per heavy atom. The van der Waals surface area contributed by atoms with Crippen LogP contribution in [0.5, 0.6) is 0 Å². The van der Waals surface area contributed by atoms with E-state index in [0.717, 1.165) is 4.90 Å². The molecule has 2 heterocycles. The zero-order valence-electron chi connectivity index (χ0n) is 8.10. The molecule has 2 amide bonds. The Kier molecular flexibility index (Phi) is 2.42. The topological polar surface area (TPSA) is 104 Å². The van der Waals surface area contributed by atoms with Crippen molar-refractivity contribution in [1.82, 2.24) is 30.8 Å². The molecule has 1 aliphatic rings. The molecule has 1 atom stereocenters. The van der Waals surface area contributed by atoms with Crippen LogP contribution in [0.3, 0.4) is 0 Å². The van der Waals surface area contributed by atoms with Crippen LogP contribution in [0.15, 0.2) is 0 Å². The van der Waals surface area contributed by atoms with E-state index in [2.05, 4.69) is 25.9 Å². The maximum Gasteiger partial charge on any atom is 0.246 e. The average molecular weight is 210 g/mol. The van der Waals surface area contributed by atoms with Crippen molar-refractivity contribution >= 4 is 11.8 Å². The number of carbonyl (C=O) groups is 2. The highest BCUT2D eigenvalue weighted by Crippen LogP contribution is 2.10. The number of hydrogen-bond acceptors (Lipinski definition) is 6. The third kappa shape index (κ3) is 1.84. The molecule has 8 heteroatoms. The summed E-state index contributed by atoms with van der Waals surface area (Å²) in [6.07, 6.45) is 0.188. The van der Waals surface area contributed by atoms with E-state index in [1.165, 1.54) is 7.05 Å². The Bertz CT molecular complexity index is 375. The zero-order valence-corrected chi connectivity index (χ0v) is 8.10. The van der Waals surface area contributed by atoms with Crippen LogP contribution < -0.4 is 5.32 Å². The largest absolute Gasteiger partial charge is 0.298 e. The number of tetrazole rings is 1. The third-order valence-electron chi connectivity index (χ3n) is 2.28. The third-order valence-corrected chi connectivity index (χ3v) is 2.28. The number of aromatic nitrogens is 4. The number of aromatic amines is 1. The Morgan fingerprint density at radius 3 is 2.93 bits per heavy atom. The van der Waals surface area contributed by atoms with Crippen LogP contribution in [0.2, 0.25) is 0 Å². The van der Waals surface area contributed by atoms with Crippen LogP contribution in [0.25, 0.3) is 0 Å². The van der Waals surface area contributed by atoms with Gasteiger partial charge in [0, 0.05) is 7.05 Å². The summed E-state index contributed by atoms with van der Waals surface area (Å²) in [5.74, 6) is 0.0684. The van der Waals surface area contributed by atoms with Gasteiger partial charge in [-0.1, -0.05) is 5.21 Å². The van der Waals surface area contributed by atoms with Crippen molar-refractivity contribution in [3.05, 3.63) is 5.82 Å². The van der Waals surface area contributed by atoms with Gasteiger partial charge >= 0.3 is 0 Å². The van der Waals surface area contributed by atoms with E-state index in [1.54, 1.807) is 0 Å². The van der Waals surface area contributed by atoms with Gasteiger partial charge in [0.1, 0.15) is 0 Å². The van der Waals surface area contributed by atoms with Crippen LogP contribution in [-0.4, -0.2) is 50.4 Å². The van der Waals surface area contributed by atoms with E-state index in [4.69, 9.17) is 0 Å². The minimum Gasteiger partial charge on any atom is -0.298 e. The fourth-order valence-electron chi connectivity index (χ4n) is 1.39. The molecule has 1 aromatic heterocycles. The molecule has 2 N–H and O–H groups in total. The van der Waals surface area contributed by atoms with Gasteiger partial charge in [-0.3, -0.25) is 19.8 Å². The number of nitrogens with one attached hydrogen (secondary N) is 2. The lowest BCUT2D eigenvalue weighted by Gasteiger charge is -2.08. The second kappa shape index (κ2) is 3.73. The van der Waals surface area contributed by atoms with Gasteiger partial charge in [-0.25, -0.2) is 0 Å². The maximum absolute atomic E-state index is 11.5. The second-order valence-corrected chi connectivity index (χ2v) is 3.26. The summed E-state index contributed by atoms with van der Waals surface area (Å²) in [4.78, 5) is 23.7. The highest BCUT2D eigenvalue weighted by atomic mass is 16.2. The lowest BCUT2D eigenvalue weighted by atomic mass is 10.2. The molecule has 0 spiro atoms. The summed E-state index contributed by atoms with van der Waals surface area (Å²) in [5, 5.41) is 16.0. The van der Waals surface area contributed by atoms with Crippen molar-refractivity contribution in [1.29, 1.82) is 0 Å². The minimum absolute atomic E-state index is 0.175. The molecule has 0 saturated carbocycles. The lowest BCUT2D eigenvalue weighted by Crippen LogP contribution is -2.36. The monoisotopic (exact) mass is 210 g/mol. The molecule has 0 aromatic carbocycles. The van der Waals surface area contributed by atoms with Crippen LogP contribution in [0.1, 0.15) is 12.2 Å². The molecule has 0 radical (unpaired) electrons. The molecule has 1 fully saturated rings. The van der Waals surface area contributed by atoms with Crippen LogP contribution in [0, 0.1) is 0 Å². The highest BCUT2D eigenvalue weighted by Gasteiger charge is 2.35. The first-order valence-corrected chi connectivity index (χ1v) is 4.44. The minimum atomic E-state index is -0.471. The van der Waals surface area contributed by atoms with Crippen molar-refractivity contribution in [3.63, 3.8) is 0 Å². The van der Waals surface area contributed by atoms with Crippen molar-refractivity contribution in [2.45, 2.75) is 19.0 Å². The van der Waals surface area contributed by atoms with Crippen molar-refractivity contribution in [2.24, 2.45) is 0 Å². The van der Waals surface area contributed by atoms with E-state index >= 15 is 0 Å². The van der Waals surface area contributed by atoms with E-state index < -0.39 is 6.04 Å². The number of nitrogens with zero attached hydrogens (tertiary/aromatic N) is 4. The summed E-state index contributed by atoms with van der Waals surface area (Å²) in [7, 11) is 1.47. The molecule has 0 aliphatic carbocycles. The van der Waals surface area contributed by atoms with Gasteiger partial charge in [0.15, 0.2) is 5.82 Å². The predicted octanol–water partition coefficient (Wildman–Crippen LogP) is -1.95. The van der Waals surface area contributed by atoms with Gasteiger partial charge in [0.2, 0.25) is 11.8 Å². The standard InChI is InChI=1S/C7H10N6O2/c1-13-6(14)2-4(7(13)15)8-3-5-9-11-12-10-5/h4,8H,2-3H2,1H3,(H,9,10,11,12). The van der Waals surface area contributed by atoms with E-state index in [1.807, 2.05) is 0 Å². The first-order chi connectivity index (χ1) is 7.18. The number of rotatable bonds is 3. The fraction of sp³-hybridized carbons (Fsp3) is 0.571.